The van der Waals surface area contributed by atoms with Gasteiger partial charge >= 0.3 is 0 Å². The van der Waals surface area contributed by atoms with E-state index in [-0.39, 0.29) is 5.78 Å². The number of hydrogen-bond donors (Lipinski definition) is 1. The summed E-state index contributed by atoms with van der Waals surface area (Å²) in [7, 11) is 0. The SMILES string of the molecule is C/C1=C/CCC(O)C(=O)/C=C\CC1. The fraction of sp³-hybridized carbons (Fsp3) is 0.545. The summed E-state index contributed by atoms with van der Waals surface area (Å²) in [4.78, 5) is 11.2. The first-order valence-corrected chi connectivity index (χ1v) is 4.74. The van der Waals surface area contributed by atoms with Crippen LogP contribution in [0, 0.1) is 0 Å². The highest BCUT2D eigenvalue weighted by molar-refractivity contribution is 5.93. The lowest BCUT2D eigenvalue weighted by Crippen LogP contribution is -2.17. The van der Waals surface area contributed by atoms with Crippen LogP contribution in [0.5, 0.6) is 0 Å². The highest BCUT2D eigenvalue weighted by Crippen LogP contribution is 2.11. The first-order valence-electron chi connectivity index (χ1n) is 4.74. The lowest BCUT2D eigenvalue weighted by Gasteiger charge is -2.07. The van der Waals surface area contributed by atoms with Gasteiger partial charge in [-0.1, -0.05) is 17.7 Å². The second-order valence-electron chi connectivity index (χ2n) is 3.49. The van der Waals surface area contributed by atoms with Crippen molar-refractivity contribution in [3.05, 3.63) is 23.8 Å². The maximum Gasteiger partial charge on any atom is 0.183 e. The summed E-state index contributed by atoms with van der Waals surface area (Å²) in [5.41, 5.74) is 1.34. The van der Waals surface area contributed by atoms with E-state index in [4.69, 9.17) is 0 Å². The molecule has 0 fully saturated rings. The van der Waals surface area contributed by atoms with Gasteiger partial charge in [-0.25, -0.2) is 0 Å². The van der Waals surface area contributed by atoms with Gasteiger partial charge in [-0.3, -0.25) is 4.79 Å². The molecule has 1 rings (SSSR count). The highest BCUT2D eigenvalue weighted by atomic mass is 16.3. The first kappa shape index (κ1) is 10.2. The molecule has 1 atom stereocenters. The van der Waals surface area contributed by atoms with Crippen molar-refractivity contribution in [2.24, 2.45) is 0 Å². The molecule has 0 aromatic rings. The van der Waals surface area contributed by atoms with Crippen molar-refractivity contribution in [3.63, 3.8) is 0 Å². The summed E-state index contributed by atoms with van der Waals surface area (Å²) in [6.07, 6.45) is 7.89. The Morgan fingerprint density at radius 2 is 2.23 bits per heavy atom. The van der Waals surface area contributed by atoms with Gasteiger partial charge < -0.3 is 5.11 Å². The van der Waals surface area contributed by atoms with Gasteiger partial charge in [0.2, 0.25) is 0 Å². The zero-order valence-electron chi connectivity index (χ0n) is 7.99. The number of ketones is 1. The average molecular weight is 180 g/mol. The van der Waals surface area contributed by atoms with Gasteiger partial charge in [0.05, 0.1) is 0 Å². The summed E-state index contributed by atoms with van der Waals surface area (Å²) in [6, 6.07) is 0. The number of aliphatic hydroxyl groups excluding tert-OH is 1. The quantitative estimate of drug-likeness (QED) is 0.579. The van der Waals surface area contributed by atoms with Crippen LogP contribution in [-0.2, 0) is 4.79 Å². The molecule has 72 valence electrons. The Balaban J connectivity index is 2.60. The van der Waals surface area contributed by atoms with Crippen molar-refractivity contribution in [2.45, 2.75) is 38.7 Å². The van der Waals surface area contributed by atoms with Crippen molar-refractivity contribution in [1.82, 2.24) is 0 Å². The molecule has 1 aliphatic carbocycles. The van der Waals surface area contributed by atoms with Crippen molar-refractivity contribution in [1.29, 1.82) is 0 Å². The van der Waals surface area contributed by atoms with Crippen LogP contribution in [-0.4, -0.2) is 17.0 Å². The van der Waals surface area contributed by atoms with E-state index in [1.165, 1.54) is 11.6 Å². The molecule has 13 heavy (non-hydrogen) atoms. The Kier molecular flexibility index (Phi) is 3.90. The molecule has 0 spiro atoms. The van der Waals surface area contributed by atoms with E-state index in [1.807, 2.05) is 6.08 Å². The third-order valence-electron chi connectivity index (χ3n) is 2.25. The average Bonchev–Trinajstić information content (AvgIpc) is 2.11. The molecule has 0 heterocycles. The van der Waals surface area contributed by atoms with Gasteiger partial charge in [0.25, 0.3) is 0 Å². The van der Waals surface area contributed by atoms with Crippen LogP contribution in [0.2, 0.25) is 0 Å². The van der Waals surface area contributed by atoms with Crippen LogP contribution in [0.3, 0.4) is 0 Å². The third kappa shape index (κ3) is 3.55. The summed E-state index contributed by atoms with van der Waals surface area (Å²) >= 11 is 0. The molecule has 0 saturated heterocycles. The first-order chi connectivity index (χ1) is 6.20. The topological polar surface area (TPSA) is 37.3 Å². The minimum Gasteiger partial charge on any atom is -0.385 e. The van der Waals surface area contributed by atoms with E-state index < -0.39 is 6.10 Å². The molecular formula is C11H16O2. The number of carbonyl (C=O) groups is 1. The smallest absolute Gasteiger partial charge is 0.183 e. The Morgan fingerprint density at radius 3 is 3.00 bits per heavy atom. The molecule has 0 aliphatic heterocycles. The maximum atomic E-state index is 11.2. The van der Waals surface area contributed by atoms with Gasteiger partial charge in [-0.15, -0.1) is 0 Å². The van der Waals surface area contributed by atoms with E-state index in [0.717, 1.165) is 19.3 Å². The predicted octanol–water partition coefficient (Wildman–Crippen LogP) is 1.99. The third-order valence-corrected chi connectivity index (χ3v) is 2.25. The molecule has 0 radical (unpaired) electrons. The molecule has 0 aromatic carbocycles. The Bertz CT molecular complexity index is 238. The number of rotatable bonds is 0. The van der Waals surface area contributed by atoms with E-state index in [2.05, 4.69) is 13.0 Å². The minimum absolute atomic E-state index is 0.159. The van der Waals surface area contributed by atoms with Crippen molar-refractivity contribution < 1.29 is 9.90 Å². The lowest BCUT2D eigenvalue weighted by molar-refractivity contribution is -0.122. The van der Waals surface area contributed by atoms with Gasteiger partial charge in [0, 0.05) is 0 Å². The van der Waals surface area contributed by atoms with Crippen LogP contribution in [0.4, 0.5) is 0 Å². The Hall–Kier alpha value is -0.890. The molecule has 2 nitrogen and oxygen atoms in total. The van der Waals surface area contributed by atoms with Crippen LogP contribution >= 0.6 is 0 Å². The Labute approximate surface area is 79.0 Å². The highest BCUT2D eigenvalue weighted by Gasteiger charge is 2.10. The fourth-order valence-corrected chi connectivity index (χ4v) is 1.35. The molecule has 1 N–H and O–H groups in total. The summed E-state index contributed by atoms with van der Waals surface area (Å²) < 4.78 is 0. The van der Waals surface area contributed by atoms with Gasteiger partial charge in [0.1, 0.15) is 6.10 Å². The molecule has 0 aromatic heterocycles. The second-order valence-corrected chi connectivity index (χ2v) is 3.49. The molecule has 0 bridgehead atoms. The minimum atomic E-state index is -0.807. The molecule has 2 heteroatoms. The van der Waals surface area contributed by atoms with Crippen LogP contribution in [0.15, 0.2) is 23.8 Å². The van der Waals surface area contributed by atoms with E-state index in [1.54, 1.807) is 0 Å². The second kappa shape index (κ2) is 4.97. The summed E-state index contributed by atoms with van der Waals surface area (Å²) in [5.74, 6) is -0.159. The van der Waals surface area contributed by atoms with Crippen LogP contribution < -0.4 is 0 Å². The zero-order chi connectivity index (χ0) is 9.68. The largest absolute Gasteiger partial charge is 0.385 e. The van der Waals surface area contributed by atoms with Crippen molar-refractivity contribution in [3.8, 4) is 0 Å². The number of carbonyl (C=O) groups excluding carboxylic acids is 1. The normalized spacial score (nSPS) is 32.0. The summed E-state index contributed by atoms with van der Waals surface area (Å²) in [6.45, 7) is 2.09. The Morgan fingerprint density at radius 1 is 1.46 bits per heavy atom. The number of allylic oxidation sites excluding steroid dienone is 3. The van der Waals surface area contributed by atoms with Gasteiger partial charge in [-0.05, 0) is 38.7 Å². The fourth-order valence-electron chi connectivity index (χ4n) is 1.35. The van der Waals surface area contributed by atoms with E-state index in [9.17, 15) is 9.90 Å². The van der Waals surface area contributed by atoms with Crippen LogP contribution in [0.25, 0.3) is 0 Å². The molecule has 1 unspecified atom stereocenters. The van der Waals surface area contributed by atoms with Gasteiger partial charge in [0.15, 0.2) is 5.78 Å². The maximum absolute atomic E-state index is 11.2. The van der Waals surface area contributed by atoms with Crippen molar-refractivity contribution in [2.75, 3.05) is 0 Å². The zero-order valence-corrected chi connectivity index (χ0v) is 7.99. The molecule has 1 aliphatic rings. The molecule has 0 amide bonds. The van der Waals surface area contributed by atoms with Crippen molar-refractivity contribution >= 4 is 5.78 Å². The molecule has 0 saturated carbocycles. The standard InChI is InChI=1S/C11H16O2/c1-9-5-2-3-7-10(12)11(13)8-4-6-9/h3,6-7,11,13H,2,4-5,8H2,1H3/b7-3-,9-6-. The van der Waals surface area contributed by atoms with Crippen LogP contribution in [0.1, 0.15) is 32.6 Å². The monoisotopic (exact) mass is 180 g/mol. The number of hydrogen-bond acceptors (Lipinski definition) is 2. The summed E-state index contributed by atoms with van der Waals surface area (Å²) in [5, 5.41) is 9.36. The van der Waals surface area contributed by atoms with E-state index in [0.29, 0.717) is 6.42 Å². The van der Waals surface area contributed by atoms with E-state index >= 15 is 0 Å². The number of aliphatic hydroxyl groups is 1. The van der Waals surface area contributed by atoms with Gasteiger partial charge in [-0.2, -0.15) is 0 Å². The lowest BCUT2D eigenvalue weighted by atomic mass is 10.0. The molecular weight excluding hydrogens is 164 g/mol. The predicted molar refractivity (Wildman–Crippen MR) is 52.4 cm³/mol.